The molecule has 0 saturated carbocycles. The third kappa shape index (κ3) is 3.30. The lowest BCUT2D eigenvalue weighted by Gasteiger charge is -2.26. The second-order valence-electron chi connectivity index (χ2n) is 3.86. The van der Waals surface area contributed by atoms with Crippen molar-refractivity contribution in [3.63, 3.8) is 0 Å². The highest BCUT2D eigenvalue weighted by Crippen LogP contribution is 2.13. The van der Waals surface area contributed by atoms with Crippen LogP contribution in [-0.2, 0) is 21.3 Å². The maximum atomic E-state index is 11.5. The van der Waals surface area contributed by atoms with Crippen molar-refractivity contribution in [3.05, 3.63) is 17.9 Å². The quantitative estimate of drug-likeness (QED) is 0.755. The van der Waals surface area contributed by atoms with Gasteiger partial charge in [0.1, 0.15) is 5.76 Å². The van der Waals surface area contributed by atoms with Gasteiger partial charge < -0.3 is 9.15 Å². The molecule has 1 aliphatic rings. The van der Waals surface area contributed by atoms with Gasteiger partial charge in [-0.2, -0.15) is 0 Å². The Morgan fingerprint density at radius 1 is 1.33 bits per heavy atom. The Morgan fingerprint density at radius 3 is 2.72 bits per heavy atom. The number of hydrogen-bond acceptors (Lipinski definition) is 6. The topological polar surface area (TPSA) is 83.8 Å². The fourth-order valence-electron chi connectivity index (χ4n) is 1.61. The summed E-state index contributed by atoms with van der Waals surface area (Å²) in [7, 11) is -2.15. The zero-order valence-electron chi connectivity index (χ0n) is 10.2. The van der Waals surface area contributed by atoms with Crippen LogP contribution < -0.4 is 10.1 Å². The van der Waals surface area contributed by atoms with Crippen LogP contribution in [0.25, 0.3) is 0 Å². The Kier molecular flexibility index (Phi) is 4.36. The standard InChI is InChI=1S/C10H17N3O4S/c1-11-18(14,15)10-3-2-9(17-10)8-12-13-4-6-16-7-5-13/h2-3,11-12H,4-8H2,1H3. The summed E-state index contributed by atoms with van der Waals surface area (Å²) >= 11 is 0. The van der Waals surface area contributed by atoms with Crippen LogP contribution in [0.15, 0.2) is 21.6 Å². The van der Waals surface area contributed by atoms with Gasteiger partial charge in [-0.1, -0.05) is 0 Å². The van der Waals surface area contributed by atoms with E-state index in [-0.39, 0.29) is 5.09 Å². The first-order valence-corrected chi connectivity index (χ1v) is 7.18. The van der Waals surface area contributed by atoms with Gasteiger partial charge in [-0.05, 0) is 19.2 Å². The van der Waals surface area contributed by atoms with Crippen LogP contribution in [0.4, 0.5) is 0 Å². The molecule has 2 heterocycles. The molecule has 0 aliphatic carbocycles. The fraction of sp³-hybridized carbons (Fsp3) is 0.600. The van der Waals surface area contributed by atoms with Gasteiger partial charge in [0.2, 0.25) is 5.09 Å². The lowest BCUT2D eigenvalue weighted by molar-refractivity contribution is 0.00927. The monoisotopic (exact) mass is 275 g/mol. The van der Waals surface area contributed by atoms with E-state index < -0.39 is 10.0 Å². The van der Waals surface area contributed by atoms with Crippen LogP contribution in [0.2, 0.25) is 0 Å². The molecule has 1 aliphatic heterocycles. The molecule has 0 atom stereocenters. The SMILES string of the molecule is CNS(=O)(=O)c1ccc(CNN2CCOCC2)o1. The summed E-state index contributed by atoms with van der Waals surface area (Å²) < 4.78 is 35.6. The predicted molar refractivity (Wildman–Crippen MR) is 64.2 cm³/mol. The average molecular weight is 275 g/mol. The van der Waals surface area contributed by atoms with E-state index in [4.69, 9.17) is 9.15 Å². The van der Waals surface area contributed by atoms with E-state index in [1.165, 1.54) is 13.1 Å². The molecule has 102 valence electrons. The Hall–Kier alpha value is -0.930. The second-order valence-corrected chi connectivity index (χ2v) is 5.68. The van der Waals surface area contributed by atoms with Gasteiger partial charge >= 0.3 is 0 Å². The highest BCUT2D eigenvalue weighted by atomic mass is 32.2. The Balaban J connectivity index is 1.90. The third-order valence-corrected chi connectivity index (χ3v) is 3.95. The van der Waals surface area contributed by atoms with E-state index in [1.807, 2.05) is 5.01 Å². The van der Waals surface area contributed by atoms with E-state index in [9.17, 15) is 8.42 Å². The molecule has 2 rings (SSSR count). The minimum atomic E-state index is -3.50. The molecule has 7 nitrogen and oxygen atoms in total. The van der Waals surface area contributed by atoms with Crippen LogP contribution in [0.1, 0.15) is 5.76 Å². The Bertz CT molecular complexity index is 479. The summed E-state index contributed by atoms with van der Waals surface area (Å²) in [6, 6.07) is 3.10. The number of ether oxygens (including phenoxy) is 1. The van der Waals surface area contributed by atoms with Gasteiger partial charge in [0, 0.05) is 13.1 Å². The smallest absolute Gasteiger partial charge is 0.273 e. The number of sulfonamides is 1. The first-order chi connectivity index (χ1) is 8.62. The molecular weight excluding hydrogens is 258 g/mol. The number of rotatable bonds is 5. The minimum Gasteiger partial charge on any atom is -0.447 e. The van der Waals surface area contributed by atoms with Crippen molar-refractivity contribution in [2.45, 2.75) is 11.6 Å². The molecule has 1 aromatic heterocycles. The van der Waals surface area contributed by atoms with Crippen LogP contribution >= 0.6 is 0 Å². The zero-order valence-corrected chi connectivity index (χ0v) is 11.0. The van der Waals surface area contributed by atoms with Crippen molar-refractivity contribution in [2.75, 3.05) is 33.4 Å². The van der Waals surface area contributed by atoms with Gasteiger partial charge in [-0.3, -0.25) is 0 Å². The number of furan rings is 1. The number of hydrogen-bond donors (Lipinski definition) is 2. The predicted octanol–water partition coefficient (Wildman–Crippen LogP) is -0.475. The van der Waals surface area contributed by atoms with Crippen molar-refractivity contribution >= 4 is 10.0 Å². The molecular formula is C10H17N3O4S. The van der Waals surface area contributed by atoms with Crippen molar-refractivity contribution in [3.8, 4) is 0 Å². The van der Waals surface area contributed by atoms with Gasteiger partial charge in [0.05, 0.1) is 19.8 Å². The fourth-order valence-corrected chi connectivity index (χ4v) is 2.27. The Labute approximate surface area is 106 Å². The van der Waals surface area contributed by atoms with Crippen molar-refractivity contribution in [1.82, 2.24) is 15.2 Å². The summed E-state index contributed by atoms with van der Waals surface area (Å²) in [5.74, 6) is 0.579. The summed E-state index contributed by atoms with van der Waals surface area (Å²) in [5, 5.41) is 1.96. The molecule has 18 heavy (non-hydrogen) atoms. The van der Waals surface area contributed by atoms with E-state index >= 15 is 0 Å². The van der Waals surface area contributed by atoms with Crippen molar-refractivity contribution in [1.29, 1.82) is 0 Å². The minimum absolute atomic E-state index is 0.0659. The second kappa shape index (κ2) is 5.81. The van der Waals surface area contributed by atoms with Crippen molar-refractivity contribution in [2.24, 2.45) is 0 Å². The van der Waals surface area contributed by atoms with E-state index in [0.29, 0.717) is 25.5 Å². The summed E-state index contributed by atoms with van der Waals surface area (Å²) in [4.78, 5) is 0. The molecule has 8 heteroatoms. The number of morpholine rings is 1. The number of nitrogens with zero attached hydrogens (tertiary/aromatic N) is 1. The summed E-state index contributed by atoms with van der Waals surface area (Å²) in [6.07, 6.45) is 0. The van der Waals surface area contributed by atoms with E-state index in [2.05, 4.69) is 10.1 Å². The molecule has 0 radical (unpaired) electrons. The van der Waals surface area contributed by atoms with Gasteiger partial charge in [-0.25, -0.2) is 23.6 Å². The van der Waals surface area contributed by atoms with Gasteiger partial charge in [-0.15, -0.1) is 0 Å². The van der Waals surface area contributed by atoms with E-state index in [1.54, 1.807) is 6.07 Å². The third-order valence-electron chi connectivity index (χ3n) is 2.66. The first-order valence-electron chi connectivity index (χ1n) is 5.70. The maximum absolute atomic E-state index is 11.5. The molecule has 2 N–H and O–H groups in total. The molecule has 1 saturated heterocycles. The van der Waals surface area contributed by atoms with Gasteiger partial charge in [0.15, 0.2) is 0 Å². The molecule has 1 aromatic rings. The summed E-state index contributed by atoms with van der Waals surface area (Å²) in [6.45, 7) is 3.47. The molecule has 0 amide bonds. The summed E-state index contributed by atoms with van der Waals surface area (Å²) in [5.41, 5.74) is 3.17. The normalized spacial score (nSPS) is 18.1. The molecule has 0 spiro atoms. The lowest BCUT2D eigenvalue weighted by Crippen LogP contribution is -2.45. The van der Waals surface area contributed by atoms with Crippen LogP contribution in [0, 0.1) is 0 Å². The molecule has 0 aromatic carbocycles. The average Bonchev–Trinajstić information content (AvgIpc) is 2.87. The van der Waals surface area contributed by atoms with Gasteiger partial charge in [0.25, 0.3) is 10.0 Å². The molecule has 0 unspecified atom stereocenters. The van der Waals surface area contributed by atoms with Crippen LogP contribution in [0.3, 0.4) is 0 Å². The Morgan fingerprint density at radius 2 is 2.06 bits per heavy atom. The lowest BCUT2D eigenvalue weighted by atomic mass is 10.4. The highest BCUT2D eigenvalue weighted by molar-refractivity contribution is 7.89. The largest absolute Gasteiger partial charge is 0.447 e. The number of nitrogens with one attached hydrogen (secondary N) is 2. The van der Waals surface area contributed by atoms with Crippen molar-refractivity contribution < 1.29 is 17.6 Å². The number of hydrazine groups is 1. The van der Waals surface area contributed by atoms with E-state index in [0.717, 1.165) is 13.1 Å². The molecule has 1 fully saturated rings. The first kappa shape index (κ1) is 13.5. The van der Waals surface area contributed by atoms with Crippen LogP contribution in [-0.4, -0.2) is 46.8 Å². The highest BCUT2D eigenvalue weighted by Gasteiger charge is 2.17. The maximum Gasteiger partial charge on any atom is 0.273 e. The zero-order chi connectivity index (χ0) is 13.0. The molecule has 0 bridgehead atoms. The van der Waals surface area contributed by atoms with Crippen LogP contribution in [0.5, 0.6) is 0 Å².